The summed E-state index contributed by atoms with van der Waals surface area (Å²) < 4.78 is 25.1. The van der Waals surface area contributed by atoms with Crippen molar-refractivity contribution in [2.75, 3.05) is 34.4 Å². The zero-order valence-electron chi connectivity index (χ0n) is 9.96. The normalized spacial score (nSPS) is 25.9. The number of aliphatic hydroxyl groups excluding tert-OH is 1. The van der Waals surface area contributed by atoms with Gasteiger partial charge in [-0.05, 0) is 0 Å². The molecule has 0 amide bonds. The Morgan fingerprint density at radius 1 is 1.41 bits per heavy atom. The molecular weight excluding hydrogens is 232 g/mol. The Bertz CT molecular complexity index is 233. The van der Waals surface area contributed by atoms with E-state index in [1.54, 1.807) is 0 Å². The molecule has 0 aliphatic carbocycles. The standard InChI is InChI=1S/C10H18O7/c1-13-5-15-7-3-9(12)17-10(7)8(4-11)16-6-14-2/h7-8,10-11H,3-6H2,1-2H3/t7-,8+,10+/m0/s1. The minimum atomic E-state index is -0.664. The van der Waals surface area contributed by atoms with Crippen molar-refractivity contribution in [2.24, 2.45) is 0 Å². The lowest BCUT2D eigenvalue weighted by Gasteiger charge is -2.25. The second-order valence-corrected chi connectivity index (χ2v) is 3.56. The maximum atomic E-state index is 11.2. The topological polar surface area (TPSA) is 83.5 Å². The molecule has 1 fully saturated rings. The first-order valence-corrected chi connectivity index (χ1v) is 5.24. The molecule has 0 saturated carbocycles. The average Bonchev–Trinajstić information content (AvgIpc) is 2.69. The number of cyclic esters (lactones) is 1. The third kappa shape index (κ3) is 4.21. The van der Waals surface area contributed by atoms with E-state index in [0.29, 0.717) is 0 Å². The van der Waals surface area contributed by atoms with Crippen molar-refractivity contribution in [3.8, 4) is 0 Å². The third-order valence-electron chi connectivity index (χ3n) is 2.35. The van der Waals surface area contributed by atoms with Gasteiger partial charge in [0.25, 0.3) is 0 Å². The van der Waals surface area contributed by atoms with Crippen molar-refractivity contribution < 1.29 is 33.6 Å². The number of rotatable bonds is 8. The molecule has 1 aliphatic rings. The molecule has 17 heavy (non-hydrogen) atoms. The maximum Gasteiger partial charge on any atom is 0.309 e. The molecular formula is C10H18O7. The van der Waals surface area contributed by atoms with Crippen LogP contribution in [-0.2, 0) is 28.5 Å². The van der Waals surface area contributed by atoms with Crippen LogP contribution in [0, 0.1) is 0 Å². The molecule has 1 N–H and O–H groups in total. The fraction of sp³-hybridized carbons (Fsp3) is 0.900. The molecule has 7 heteroatoms. The van der Waals surface area contributed by atoms with Crippen molar-refractivity contribution >= 4 is 5.97 Å². The minimum absolute atomic E-state index is 0.0102. The van der Waals surface area contributed by atoms with Crippen LogP contribution in [0.15, 0.2) is 0 Å². The van der Waals surface area contributed by atoms with E-state index in [1.807, 2.05) is 0 Å². The van der Waals surface area contributed by atoms with Crippen LogP contribution in [0.4, 0.5) is 0 Å². The minimum Gasteiger partial charge on any atom is -0.457 e. The van der Waals surface area contributed by atoms with Gasteiger partial charge >= 0.3 is 5.97 Å². The summed E-state index contributed by atoms with van der Waals surface area (Å²) in [5.41, 5.74) is 0. The van der Waals surface area contributed by atoms with E-state index in [4.69, 9.17) is 23.7 Å². The number of esters is 1. The van der Waals surface area contributed by atoms with Crippen LogP contribution >= 0.6 is 0 Å². The first kappa shape index (κ1) is 14.3. The van der Waals surface area contributed by atoms with Crippen molar-refractivity contribution in [2.45, 2.75) is 24.7 Å². The van der Waals surface area contributed by atoms with Gasteiger partial charge < -0.3 is 28.8 Å². The molecule has 0 spiro atoms. The third-order valence-corrected chi connectivity index (χ3v) is 2.35. The van der Waals surface area contributed by atoms with Gasteiger partial charge in [0, 0.05) is 14.2 Å². The first-order valence-electron chi connectivity index (χ1n) is 5.24. The molecule has 7 nitrogen and oxygen atoms in total. The van der Waals surface area contributed by atoms with E-state index in [1.165, 1.54) is 14.2 Å². The molecule has 1 saturated heterocycles. The van der Waals surface area contributed by atoms with Crippen LogP contribution < -0.4 is 0 Å². The zero-order valence-corrected chi connectivity index (χ0v) is 9.96. The Hall–Kier alpha value is -0.730. The van der Waals surface area contributed by atoms with Gasteiger partial charge in [-0.2, -0.15) is 0 Å². The van der Waals surface area contributed by atoms with Crippen LogP contribution in [-0.4, -0.2) is 63.8 Å². The van der Waals surface area contributed by atoms with E-state index in [0.717, 1.165) is 0 Å². The molecule has 0 aromatic heterocycles. The molecule has 1 rings (SSSR count). The highest BCUT2D eigenvalue weighted by Gasteiger charge is 2.41. The molecule has 3 atom stereocenters. The van der Waals surface area contributed by atoms with Crippen LogP contribution in [0.1, 0.15) is 6.42 Å². The maximum absolute atomic E-state index is 11.2. The number of methoxy groups -OCH3 is 2. The Morgan fingerprint density at radius 3 is 2.71 bits per heavy atom. The van der Waals surface area contributed by atoms with Gasteiger partial charge in [-0.1, -0.05) is 0 Å². The van der Waals surface area contributed by atoms with Gasteiger partial charge in [-0.25, -0.2) is 0 Å². The highest BCUT2D eigenvalue weighted by Crippen LogP contribution is 2.23. The van der Waals surface area contributed by atoms with Crippen molar-refractivity contribution in [1.29, 1.82) is 0 Å². The second-order valence-electron chi connectivity index (χ2n) is 3.56. The quantitative estimate of drug-likeness (QED) is 0.449. The molecule has 1 heterocycles. The summed E-state index contributed by atoms with van der Waals surface area (Å²) in [6.45, 7) is -0.218. The van der Waals surface area contributed by atoms with E-state index < -0.39 is 18.3 Å². The predicted octanol–water partition coefficient (Wildman–Crippen LogP) is -0.728. The fourth-order valence-corrected chi connectivity index (χ4v) is 1.59. The number of ether oxygens (including phenoxy) is 5. The summed E-state index contributed by atoms with van der Waals surface area (Å²) >= 11 is 0. The summed E-state index contributed by atoms with van der Waals surface area (Å²) in [5, 5.41) is 9.18. The summed E-state index contributed by atoms with van der Waals surface area (Å²) in [6, 6.07) is 0. The molecule has 0 bridgehead atoms. The van der Waals surface area contributed by atoms with Gasteiger partial charge in [0.15, 0.2) is 6.10 Å². The van der Waals surface area contributed by atoms with Crippen molar-refractivity contribution in [3.05, 3.63) is 0 Å². The number of aliphatic hydroxyl groups is 1. The summed E-state index contributed by atoms with van der Waals surface area (Å²) in [7, 11) is 2.95. The van der Waals surface area contributed by atoms with Crippen LogP contribution in [0.25, 0.3) is 0 Å². The largest absolute Gasteiger partial charge is 0.457 e. The van der Waals surface area contributed by atoms with Crippen LogP contribution in [0.5, 0.6) is 0 Å². The molecule has 1 aliphatic heterocycles. The first-order chi connectivity index (χ1) is 8.22. The van der Waals surface area contributed by atoms with Gasteiger partial charge in [0.05, 0.1) is 13.0 Å². The summed E-state index contributed by atoms with van der Waals surface area (Å²) in [5.74, 6) is -0.379. The Kier molecular flexibility index (Phi) is 6.38. The van der Waals surface area contributed by atoms with Gasteiger partial charge in [-0.3, -0.25) is 4.79 Å². The van der Waals surface area contributed by atoms with Gasteiger partial charge in [-0.15, -0.1) is 0 Å². The zero-order chi connectivity index (χ0) is 12.7. The van der Waals surface area contributed by atoms with Crippen LogP contribution in [0.3, 0.4) is 0 Å². The van der Waals surface area contributed by atoms with E-state index in [9.17, 15) is 9.90 Å². The molecule has 0 aromatic rings. The number of carbonyl (C=O) groups excluding carboxylic acids is 1. The Labute approximate surface area is 99.5 Å². The van der Waals surface area contributed by atoms with Crippen molar-refractivity contribution in [3.63, 3.8) is 0 Å². The average molecular weight is 250 g/mol. The Morgan fingerprint density at radius 2 is 2.12 bits per heavy atom. The monoisotopic (exact) mass is 250 g/mol. The van der Waals surface area contributed by atoms with E-state index >= 15 is 0 Å². The number of hydrogen-bond acceptors (Lipinski definition) is 7. The lowest BCUT2D eigenvalue weighted by molar-refractivity contribution is -0.173. The molecule has 100 valence electrons. The van der Waals surface area contributed by atoms with Crippen molar-refractivity contribution in [1.82, 2.24) is 0 Å². The lowest BCUT2D eigenvalue weighted by atomic mass is 10.1. The lowest BCUT2D eigenvalue weighted by Crippen LogP contribution is -2.41. The van der Waals surface area contributed by atoms with E-state index in [2.05, 4.69) is 0 Å². The smallest absolute Gasteiger partial charge is 0.309 e. The highest BCUT2D eigenvalue weighted by molar-refractivity contribution is 5.72. The highest BCUT2D eigenvalue weighted by atomic mass is 16.7. The molecule has 0 unspecified atom stereocenters. The number of hydrogen-bond donors (Lipinski definition) is 1. The second kappa shape index (κ2) is 7.57. The predicted molar refractivity (Wildman–Crippen MR) is 55.1 cm³/mol. The molecule has 0 radical (unpaired) electrons. The Balaban J connectivity index is 2.53. The van der Waals surface area contributed by atoms with Gasteiger partial charge in [0.2, 0.25) is 0 Å². The van der Waals surface area contributed by atoms with E-state index in [-0.39, 0.29) is 32.6 Å². The summed E-state index contributed by atoms with van der Waals surface area (Å²) in [4.78, 5) is 11.2. The van der Waals surface area contributed by atoms with Gasteiger partial charge in [0.1, 0.15) is 25.8 Å². The van der Waals surface area contributed by atoms with Crippen LogP contribution in [0.2, 0.25) is 0 Å². The summed E-state index contributed by atoms with van der Waals surface area (Å²) in [6.07, 6.45) is -1.65. The SMILES string of the molecule is COCO[C@H]1CC(=O)O[C@H]1[C@@H](CO)OCOC. The number of carbonyl (C=O) groups is 1. The molecule has 0 aromatic carbocycles. The fourth-order valence-electron chi connectivity index (χ4n) is 1.59.